The van der Waals surface area contributed by atoms with E-state index in [0.29, 0.717) is 11.1 Å². The fourth-order valence-electron chi connectivity index (χ4n) is 4.04. The molecule has 4 atom stereocenters. The highest BCUT2D eigenvalue weighted by molar-refractivity contribution is 6.31. The molecule has 3 rings (SSSR count). The average molecular weight is 414 g/mol. The number of aromatic hydroxyl groups is 2. The van der Waals surface area contributed by atoms with Crippen molar-refractivity contribution in [3.8, 4) is 11.5 Å². The van der Waals surface area contributed by atoms with E-state index in [1.807, 2.05) is 0 Å². The van der Waals surface area contributed by atoms with Crippen LogP contribution in [0, 0.1) is 0 Å². The highest BCUT2D eigenvalue weighted by atomic mass is 16.3. The molecule has 0 aromatic heterocycles. The number of aliphatic hydroxyl groups is 2. The molecule has 2 aromatic carbocycles. The van der Waals surface area contributed by atoms with Crippen molar-refractivity contribution in [3.63, 3.8) is 0 Å². The topological polar surface area (TPSA) is 139 Å². The van der Waals surface area contributed by atoms with Gasteiger partial charge in [0.05, 0.1) is 11.1 Å². The van der Waals surface area contributed by atoms with Gasteiger partial charge >= 0.3 is 0 Å². The second-order valence-corrected chi connectivity index (χ2v) is 7.63. The Bertz CT molecular complexity index is 935. The second-order valence-electron chi connectivity index (χ2n) is 7.63. The summed E-state index contributed by atoms with van der Waals surface area (Å²) >= 11 is 0. The van der Waals surface area contributed by atoms with Crippen LogP contribution in [-0.4, -0.2) is 44.4 Å². The lowest BCUT2D eigenvalue weighted by molar-refractivity contribution is 0.0969. The number of phenolic OH excluding ortho intramolecular Hbond substituents is 2. The zero-order valence-electron chi connectivity index (χ0n) is 17.2. The quantitative estimate of drug-likeness (QED) is 0.265. The van der Waals surface area contributed by atoms with Crippen molar-refractivity contribution < 1.29 is 30.0 Å². The molecule has 1 aliphatic carbocycles. The first-order chi connectivity index (χ1) is 14.0. The Labute approximate surface area is 174 Å². The number of hydrogen-bond donors (Lipinski definition) is 6. The van der Waals surface area contributed by atoms with Gasteiger partial charge in [0.25, 0.3) is 0 Å². The fourth-order valence-corrected chi connectivity index (χ4v) is 4.04. The van der Waals surface area contributed by atoms with Crippen molar-refractivity contribution in [1.29, 1.82) is 0 Å². The molecule has 0 radical (unpaired) electrons. The molecule has 8 nitrogen and oxygen atoms in total. The standard InChI is InChI=1S/C22H26N2O6/c1-9(23-11(3)25)13-5-6-14(10(2)24-12(4)26)18-17(13)21(29)19-15(27)7-8-16(28)20(19)22(18)30/h5-12,23-28H,1-4H3. The lowest BCUT2D eigenvalue weighted by Crippen LogP contribution is -2.34. The minimum Gasteiger partial charge on any atom is -0.507 e. The predicted molar refractivity (Wildman–Crippen MR) is 110 cm³/mol. The van der Waals surface area contributed by atoms with Crippen molar-refractivity contribution in [1.82, 2.24) is 10.6 Å². The summed E-state index contributed by atoms with van der Waals surface area (Å²) in [6.45, 7) is 6.57. The molecule has 1 aliphatic rings. The van der Waals surface area contributed by atoms with Gasteiger partial charge in [0, 0.05) is 23.2 Å². The van der Waals surface area contributed by atoms with Gasteiger partial charge in [-0.15, -0.1) is 0 Å². The maximum Gasteiger partial charge on any atom is 0.198 e. The van der Waals surface area contributed by atoms with Crippen LogP contribution in [0.5, 0.6) is 11.5 Å². The monoisotopic (exact) mass is 414 g/mol. The second kappa shape index (κ2) is 8.16. The van der Waals surface area contributed by atoms with E-state index >= 15 is 0 Å². The Morgan fingerprint density at radius 1 is 0.633 bits per heavy atom. The van der Waals surface area contributed by atoms with Crippen molar-refractivity contribution >= 4 is 11.6 Å². The number of aliphatic hydroxyl groups excluding tert-OH is 2. The van der Waals surface area contributed by atoms with E-state index in [2.05, 4.69) is 10.6 Å². The van der Waals surface area contributed by atoms with Gasteiger partial charge in [0.15, 0.2) is 11.6 Å². The molecular formula is C22H26N2O6. The molecule has 0 spiro atoms. The third-order valence-corrected chi connectivity index (χ3v) is 5.25. The summed E-state index contributed by atoms with van der Waals surface area (Å²) in [4.78, 5) is 26.9. The molecular weight excluding hydrogens is 388 g/mol. The van der Waals surface area contributed by atoms with E-state index in [1.54, 1.807) is 26.0 Å². The molecule has 0 saturated heterocycles. The third kappa shape index (κ3) is 3.70. The van der Waals surface area contributed by atoms with E-state index in [9.17, 15) is 30.0 Å². The number of hydrogen-bond acceptors (Lipinski definition) is 8. The van der Waals surface area contributed by atoms with Crippen LogP contribution in [0.1, 0.15) is 82.7 Å². The third-order valence-electron chi connectivity index (χ3n) is 5.25. The number of phenols is 2. The summed E-state index contributed by atoms with van der Waals surface area (Å²) in [5.41, 5.74) is 0.672. The van der Waals surface area contributed by atoms with Crippen LogP contribution in [0.25, 0.3) is 0 Å². The number of ketones is 2. The molecule has 30 heavy (non-hydrogen) atoms. The number of fused-ring (bicyclic) bond motifs is 2. The van der Waals surface area contributed by atoms with Gasteiger partial charge in [0.1, 0.15) is 24.0 Å². The Kier molecular flexibility index (Phi) is 5.96. The van der Waals surface area contributed by atoms with E-state index in [1.165, 1.54) is 26.0 Å². The molecule has 6 N–H and O–H groups in total. The highest BCUT2D eigenvalue weighted by Crippen LogP contribution is 2.42. The van der Waals surface area contributed by atoms with Crippen molar-refractivity contribution in [2.45, 2.75) is 52.2 Å². The SMILES string of the molecule is CC(O)NC(C)c1ccc(C(C)NC(C)O)c2c1C(=O)c1c(O)ccc(O)c1C2=O. The fraction of sp³-hybridized carbons (Fsp3) is 0.364. The Morgan fingerprint density at radius 3 is 1.27 bits per heavy atom. The number of carbonyl (C=O) groups is 2. The van der Waals surface area contributed by atoms with E-state index in [-0.39, 0.29) is 22.3 Å². The van der Waals surface area contributed by atoms with Gasteiger partial charge in [-0.2, -0.15) is 0 Å². The Morgan fingerprint density at radius 2 is 0.967 bits per heavy atom. The van der Waals surface area contributed by atoms with Crippen LogP contribution in [0.4, 0.5) is 0 Å². The van der Waals surface area contributed by atoms with Crippen molar-refractivity contribution in [2.24, 2.45) is 0 Å². The lowest BCUT2D eigenvalue weighted by atomic mass is 9.76. The summed E-state index contributed by atoms with van der Waals surface area (Å²) in [6.07, 6.45) is -1.71. The maximum absolute atomic E-state index is 13.5. The summed E-state index contributed by atoms with van der Waals surface area (Å²) in [5, 5.41) is 45.8. The summed E-state index contributed by atoms with van der Waals surface area (Å²) in [7, 11) is 0. The van der Waals surface area contributed by atoms with Crippen LogP contribution < -0.4 is 10.6 Å². The van der Waals surface area contributed by atoms with Crippen LogP contribution in [-0.2, 0) is 0 Å². The van der Waals surface area contributed by atoms with Crippen LogP contribution in [0.3, 0.4) is 0 Å². The minimum absolute atomic E-state index is 0.103. The molecule has 0 aliphatic heterocycles. The summed E-state index contributed by atoms with van der Waals surface area (Å²) in [5.74, 6) is -1.97. The highest BCUT2D eigenvalue weighted by Gasteiger charge is 2.39. The van der Waals surface area contributed by atoms with Crippen molar-refractivity contribution in [2.75, 3.05) is 0 Å². The number of benzene rings is 2. The number of rotatable bonds is 6. The normalized spacial score (nSPS) is 17.1. The largest absolute Gasteiger partial charge is 0.507 e. The van der Waals surface area contributed by atoms with Crippen molar-refractivity contribution in [3.05, 3.63) is 57.6 Å². The van der Waals surface area contributed by atoms with Gasteiger partial charge in [-0.1, -0.05) is 12.1 Å². The minimum atomic E-state index is -0.856. The Hall–Kier alpha value is -2.78. The van der Waals surface area contributed by atoms with Gasteiger partial charge in [0.2, 0.25) is 0 Å². The molecule has 0 bridgehead atoms. The van der Waals surface area contributed by atoms with Crippen LogP contribution in [0.2, 0.25) is 0 Å². The molecule has 0 amide bonds. The molecule has 8 heteroatoms. The first kappa shape index (κ1) is 21.9. The number of nitrogens with one attached hydrogen (secondary N) is 2. The molecule has 2 aromatic rings. The number of carbonyl (C=O) groups excluding carboxylic acids is 2. The Balaban J connectivity index is 2.31. The van der Waals surface area contributed by atoms with E-state index < -0.39 is 47.6 Å². The average Bonchev–Trinajstić information content (AvgIpc) is 2.65. The first-order valence-electron chi connectivity index (χ1n) is 9.73. The summed E-state index contributed by atoms with van der Waals surface area (Å²) in [6, 6.07) is 4.75. The van der Waals surface area contributed by atoms with Gasteiger partial charge in [-0.05, 0) is 51.0 Å². The smallest absolute Gasteiger partial charge is 0.198 e. The molecule has 0 heterocycles. The molecule has 0 saturated carbocycles. The van der Waals surface area contributed by atoms with Gasteiger partial charge in [-0.25, -0.2) is 0 Å². The van der Waals surface area contributed by atoms with Crippen LogP contribution >= 0.6 is 0 Å². The zero-order chi connectivity index (χ0) is 22.3. The predicted octanol–water partition coefficient (Wildman–Crippen LogP) is 1.85. The molecule has 0 fully saturated rings. The van der Waals surface area contributed by atoms with E-state index in [4.69, 9.17) is 0 Å². The van der Waals surface area contributed by atoms with Gasteiger partial charge in [-0.3, -0.25) is 20.2 Å². The summed E-state index contributed by atoms with van der Waals surface area (Å²) < 4.78 is 0. The molecule has 160 valence electrons. The molecule has 4 unspecified atom stereocenters. The first-order valence-corrected chi connectivity index (χ1v) is 9.73. The maximum atomic E-state index is 13.5. The van der Waals surface area contributed by atoms with E-state index in [0.717, 1.165) is 0 Å². The van der Waals surface area contributed by atoms with Crippen LogP contribution in [0.15, 0.2) is 24.3 Å². The van der Waals surface area contributed by atoms with Gasteiger partial charge < -0.3 is 20.4 Å². The zero-order valence-corrected chi connectivity index (χ0v) is 17.2. The lowest BCUT2D eigenvalue weighted by Gasteiger charge is -2.29.